The predicted octanol–water partition coefficient (Wildman–Crippen LogP) is 4.48. The van der Waals surface area contributed by atoms with E-state index < -0.39 is 18.3 Å². The van der Waals surface area contributed by atoms with Crippen molar-refractivity contribution in [1.82, 2.24) is 0 Å². The van der Waals surface area contributed by atoms with Gasteiger partial charge < -0.3 is 14.7 Å². The van der Waals surface area contributed by atoms with Crippen molar-refractivity contribution in [1.29, 1.82) is 0 Å². The van der Waals surface area contributed by atoms with Crippen molar-refractivity contribution < 1.29 is 14.6 Å². The van der Waals surface area contributed by atoms with Crippen molar-refractivity contribution >= 4 is 11.6 Å². The fraction of sp³-hybridized carbons (Fsp3) is 0.240. The number of amides is 1. The van der Waals surface area contributed by atoms with Crippen LogP contribution in [0, 0.1) is 0 Å². The van der Waals surface area contributed by atoms with E-state index in [4.69, 9.17) is 4.74 Å². The van der Waals surface area contributed by atoms with Crippen LogP contribution in [0.5, 0.6) is 0 Å². The van der Waals surface area contributed by atoms with Crippen molar-refractivity contribution in [3.05, 3.63) is 102 Å². The van der Waals surface area contributed by atoms with Crippen molar-refractivity contribution in [3.8, 4) is 0 Å². The largest absolute Gasteiger partial charge is 0.390 e. The number of carbonyl (C=O) groups is 1. The van der Waals surface area contributed by atoms with Gasteiger partial charge >= 0.3 is 0 Å². The number of anilines is 1. The summed E-state index contributed by atoms with van der Waals surface area (Å²) in [5.74, 6) is -0.214. The van der Waals surface area contributed by atoms with Gasteiger partial charge in [0, 0.05) is 5.56 Å². The van der Waals surface area contributed by atoms with E-state index in [0.29, 0.717) is 13.0 Å². The molecule has 4 nitrogen and oxygen atoms in total. The molecule has 1 aliphatic rings. The third kappa shape index (κ3) is 3.95. The number of nitrogens with zero attached hydrogens (tertiary/aromatic N) is 1. The number of rotatable bonds is 5. The topological polar surface area (TPSA) is 49.8 Å². The lowest BCUT2D eigenvalue weighted by Gasteiger charge is -2.27. The second kappa shape index (κ2) is 8.60. The van der Waals surface area contributed by atoms with Gasteiger partial charge in [-0.15, -0.1) is 0 Å². The number of carbonyl (C=O) groups excluding carboxylic acids is 1. The van der Waals surface area contributed by atoms with E-state index in [1.165, 1.54) is 0 Å². The average Bonchev–Trinajstić information content (AvgIpc) is 2.90. The lowest BCUT2D eigenvalue weighted by molar-refractivity contribution is -0.141. The Labute approximate surface area is 171 Å². The van der Waals surface area contributed by atoms with Crippen LogP contribution >= 0.6 is 0 Å². The fourth-order valence-corrected chi connectivity index (χ4v) is 3.79. The molecule has 1 N–H and O–H groups in total. The van der Waals surface area contributed by atoms with E-state index in [9.17, 15) is 9.90 Å². The molecular formula is C25H25NO3. The molecule has 0 saturated heterocycles. The van der Waals surface area contributed by atoms with E-state index in [2.05, 4.69) is 0 Å². The molecule has 0 saturated carbocycles. The molecule has 0 spiro atoms. The number of ether oxygens (including phenoxy) is 1. The van der Waals surface area contributed by atoms with Crippen LogP contribution in [0.4, 0.5) is 5.69 Å². The molecule has 0 radical (unpaired) electrons. The van der Waals surface area contributed by atoms with E-state index in [-0.39, 0.29) is 5.91 Å². The van der Waals surface area contributed by atoms with E-state index in [1.807, 2.05) is 91.9 Å². The molecule has 1 heterocycles. The lowest BCUT2D eigenvalue weighted by atomic mass is 9.99. The van der Waals surface area contributed by atoms with Crippen LogP contribution < -0.4 is 4.90 Å². The summed E-state index contributed by atoms with van der Waals surface area (Å²) in [5, 5.41) is 10.6. The zero-order valence-corrected chi connectivity index (χ0v) is 16.4. The number of hydrogen-bond acceptors (Lipinski definition) is 3. The first-order chi connectivity index (χ1) is 14.2. The maximum Gasteiger partial charge on any atom is 0.259 e. The highest BCUT2D eigenvalue weighted by molar-refractivity contribution is 5.98. The van der Waals surface area contributed by atoms with Crippen molar-refractivity contribution in [2.45, 2.75) is 38.2 Å². The number of fused-ring (bicyclic) bond motifs is 1. The van der Waals surface area contributed by atoms with Gasteiger partial charge in [-0.25, -0.2) is 0 Å². The van der Waals surface area contributed by atoms with Crippen LogP contribution in [0.3, 0.4) is 0 Å². The molecule has 1 aliphatic heterocycles. The molecule has 3 aromatic carbocycles. The summed E-state index contributed by atoms with van der Waals surface area (Å²) < 4.78 is 6.32. The number of para-hydroxylation sites is 1. The van der Waals surface area contributed by atoms with Gasteiger partial charge in [0.05, 0.1) is 18.3 Å². The van der Waals surface area contributed by atoms with Gasteiger partial charge in [0.15, 0.2) is 6.10 Å². The Bertz CT molecular complexity index is 958. The molecular weight excluding hydrogens is 362 g/mol. The minimum atomic E-state index is -0.929. The predicted molar refractivity (Wildman–Crippen MR) is 114 cm³/mol. The first-order valence-electron chi connectivity index (χ1n) is 10.0. The standard InChI is InChI=1S/C25H25NO3/c1-2-22(27)24-25(28)26(17-18-11-5-3-6-12-18)21-16-10-9-15-20(21)23(29-24)19-13-7-4-8-14-19/h3-16,22-24,27H,2,17H2,1H3. The van der Waals surface area contributed by atoms with Crippen molar-refractivity contribution in [2.75, 3.05) is 4.90 Å². The van der Waals surface area contributed by atoms with Gasteiger partial charge in [-0.3, -0.25) is 4.79 Å². The zero-order chi connectivity index (χ0) is 20.2. The molecule has 0 aliphatic carbocycles. The SMILES string of the molecule is CCC(O)C1OC(c2ccccc2)c2ccccc2N(Cc2ccccc2)C1=O. The normalized spacial score (nSPS) is 20.1. The maximum absolute atomic E-state index is 13.5. The van der Waals surface area contributed by atoms with Crippen LogP contribution in [0.2, 0.25) is 0 Å². The Hall–Kier alpha value is -2.95. The maximum atomic E-state index is 13.5. The van der Waals surface area contributed by atoms with Gasteiger partial charge in [0.2, 0.25) is 0 Å². The molecule has 148 valence electrons. The zero-order valence-electron chi connectivity index (χ0n) is 16.4. The van der Waals surface area contributed by atoms with Gasteiger partial charge in [-0.1, -0.05) is 85.8 Å². The number of benzene rings is 3. The minimum Gasteiger partial charge on any atom is -0.390 e. The molecule has 4 rings (SSSR count). The molecule has 1 amide bonds. The van der Waals surface area contributed by atoms with E-state index >= 15 is 0 Å². The Balaban J connectivity index is 1.84. The molecule has 0 aromatic heterocycles. The van der Waals surface area contributed by atoms with E-state index in [1.54, 1.807) is 4.90 Å². The van der Waals surface area contributed by atoms with Crippen molar-refractivity contribution in [2.24, 2.45) is 0 Å². The molecule has 29 heavy (non-hydrogen) atoms. The van der Waals surface area contributed by atoms with Crippen LogP contribution in [0.1, 0.15) is 36.1 Å². The highest BCUT2D eigenvalue weighted by Crippen LogP contribution is 2.39. The smallest absolute Gasteiger partial charge is 0.259 e. The van der Waals surface area contributed by atoms with Gasteiger partial charge in [-0.05, 0) is 23.6 Å². The molecule has 0 bridgehead atoms. The molecule has 3 unspecified atom stereocenters. The second-order valence-electron chi connectivity index (χ2n) is 7.29. The monoisotopic (exact) mass is 387 g/mol. The number of aliphatic hydroxyl groups excluding tert-OH is 1. The average molecular weight is 387 g/mol. The lowest BCUT2D eigenvalue weighted by Crippen LogP contribution is -2.45. The summed E-state index contributed by atoms with van der Waals surface area (Å²) in [4.78, 5) is 15.3. The van der Waals surface area contributed by atoms with Crippen molar-refractivity contribution in [3.63, 3.8) is 0 Å². The molecule has 3 atom stereocenters. The molecule has 4 heteroatoms. The fourth-order valence-electron chi connectivity index (χ4n) is 3.79. The van der Waals surface area contributed by atoms with Gasteiger partial charge in [0.25, 0.3) is 5.91 Å². The molecule has 3 aromatic rings. The second-order valence-corrected chi connectivity index (χ2v) is 7.29. The molecule has 0 fully saturated rings. The Morgan fingerprint density at radius 2 is 1.55 bits per heavy atom. The summed E-state index contributed by atoms with van der Waals surface area (Å²) in [7, 11) is 0. The third-order valence-electron chi connectivity index (χ3n) is 5.36. The number of aliphatic hydroxyl groups is 1. The van der Waals surface area contributed by atoms with Crippen LogP contribution in [-0.4, -0.2) is 23.2 Å². The summed E-state index contributed by atoms with van der Waals surface area (Å²) in [6.07, 6.45) is -1.79. The Morgan fingerprint density at radius 1 is 0.931 bits per heavy atom. The first kappa shape index (κ1) is 19.4. The van der Waals surface area contributed by atoms with Crippen LogP contribution in [-0.2, 0) is 16.1 Å². The van der Waals surface area contributed by atoms with Gasteiger partial charge in [0.1, 0.15) is 6.10 Å². The third-order valence-corrected chi connectivity index (χ3v) is 5.36. The summed E-state index contributed by atoms with van der Waals surface area (Å²) in [6, 6.07) is 27.6. The quantitative estimate of drug-likeness (QED) is 0.702. The number of hydrogen-bond donors (Lipinski definition) is 1. The summed E-state index contributed by atoms with van der Waals surface area (Å²) >= 11 is 0. The Morgan fingerprint density at radius 3 is 2.24 bits per heavy atom. The van der Waals surface area contributed by atoms with Crippen LogP contribution in [0.15, 0.2) is 84.9 Å². The minimum absolute atomic E-state index is 0.214. The highest BCUT2D eigenvalue weighted by Gasteiger charge is 2.39. The summed E-state index contributed by atoms with van der Waals surface area (Å²) in [5.41, 5.74) is 3.73. The summed E-state index contributed by atoms with van der Waals surface area (Å²) in [6.45, 7) is 2.28. The van der Waals surface area contributed by atoms with E-state index in [0.717, 1.165) is 22.4 Å². The Kier molecular flexibility index (Phi) is 5.74. The van der Waals surface area contributed by atoms with Crippen LogP contribution in [0.25, 0.3) is 0 Å². The van der Waals surface area contributed by atoms with Gasteiger partial charge in [-0.2, -0.15) is 0 Å². The first-order valence-corrected chi connectivity index (χ1v) is 10.0. The highest BCUT2D eigenvalue weighted by atomic mass is 16.5.